The predicted octanol–water partition coefficient (Wildman–Crippen LogP) is 7.43. The van der Waals surface area contributed by atoms with Crippen LogP contribution in [0.3, 0.4) is 0 Å². The lowest BCUT2D eigenvalue weighted by atomic mass is 10.0. The number of nitriles is 1. The molecule has 2 rings (SSSR count). The van der Waals surface area contributed by atoms with Gasteiger partial charge in [-0.15, -0.1) is 0 Å². The molecule has 0 aliphatic heterocycles. The predicted molar refractivity (Wildman–Crippen MR) is 92.6 cm³/mol. The van der Waals surface area contributed by atoms with Gasteiger partial charge < -0.3 is 0 Å². The van der Waals surface area contributed by atoms with Crippen LogP contribution in [0.15, 0.2) is 44.2 Å². The van der Waals surface area contributed by atoms with Gasteiger partial charge in [0.2, 0.25) is 0 Å². The van der Waals surface area contributed by atoms with Crippen LogP contribution in [0.1, 0.15) is 5.56 Å². The fourth-order valence-electron chi connectivity index (χ4n) is 1.96. The smallest absolute Gasteiger partial charge is 0.192 e. The molecular weight excluding hydrogens is 531 g/mol. The molecule has 2 aromatic carbocycles. The Labute approximate surface area is 169 Å². The maximum atomic E-state index is 13.9. The lowest BCUT2D eigenvalue weighted by Crippen LogP contribution is -2.49. The molecule has 0 amide bonds. The summed E-state index contributed by atoms with van der Waals surface area (Å²) < 4.78 is 91.7. The second kappa shape index (κ2) is 7.64. The Balaban J connectivity index is 2.63. The molecule has 0 aliphatic rings. The number of rotatable bonds is 4. The van der Waals surface area contributed by atoms with E-state index in [1.54, 1.807) is 0 Å². The average molecular weight is 536 g/mol. The standard InChI is InChI=1S/C16H5Br2F7NS/c17-10-5-11(18)13(9-3-1-2-8(4-9)7-26)12(6-10)27-16(24,25)14(19,20)15(21,22)23/h1-4,6H. The monoisotopic (exact) mass is 534 g/mol. The van der Waals surface area contributed by atoms with Crippen molar-refractivity contribution in [3.05, 3.63) is 50.9 Å². The van der Waals surface area contributed by atoms with Crippen molar-refractivity contribution >= 4 is 43.6 Å². The van der Waals surface area contributed by atoms with E-state index in [1.165, 1.54) is 24.3 Å². The fraction of sp³-hybridized carbons (Fsp3) is 0.188. The van der Waals surface area contributed by atoms with Gasteiger partial charge in [0.25, 0.3) is 0 Å². The van der Waals surface area contributed by atoms with E-state index < -0.39 is 34.0 Å². The molecule has 2 aromatic rings. The lowest BCUT2D eigenvalue weighted by Gasteiger charge is -2.28. The van der Waals surface area contributed by atoms with Crippen molar-refractivity contribution in [2.45, 2.75) is 22.2 Å². The number of alkyl halides is 7. The molecule has 0 N–H and O–H groups in total. The number of halogens is 9. The summed E-state index contributed by atoms with van der Waals surface area (Å²) in [7, 11) is 0. The molecule has 0 unspecified atom stereocenters. The molecule has 0 bridgehead atoms. The third-order valence-corrected chi connectivity index (χ3v) is 5.27. The van der Waals surface area contributed by atoms with E-state index in [-0.39, 0.29) is 25.6 Å². The van der Waals surface area contributed by atoms with Crippen LogP contribution < -0.4 is 0 Å². The van der Waals surface area contributed by atoms with Crippen molar-refractivity contribution in [1.82, 2.24) is 0 Å². The first-order valence-corrected chi connectivity index (χ1v) is 9.13. The summed E-state index contributed by atoms with van der Waals surface area (Å²) in [6.07, 6.45) is -6.43. The molecule has 0 fully saturated rings. The van der Waals surface area contributed by atoms with Crippen molar-refractivity contribution in [1.29, 1.82) is 5.26 Å². The van der Waals surface area contributed by atoms with Gasteiger partial charge in [-0.05, 0) is 51.5 Å². The highest BCUT2D eigenvalue weighted by Crippen LogP contribution is 2.55. The second-order valence-electron chi connectivity index (χ2n) is 5.05. The molecule has 1 radical (unpaired) electrons. The van der Waals surface area contributed by atoms with Gasteiger partial charge in [0.05, 0.1) is 11.6 Å². The van der Waals surface area contributed by atoms with Gasteiger partial charge >= 0.3 is 17.4 Å². The Morgan fingerprint density at radius 1 is 1.00 bits per heavy atom. The summed E-state index contributed by atoms with van der Waals surface area (Å²) in [5, 5.41) is 3.47. The topological polar surface area (TPSA) is 23.8 Å². The van der Waals surface area contributed by atoms with E-state index in [4.69, 9.17) is 5.26 Å². The first-order chi connectivity index (χ1) is 12.3. The summed E-state index contributed by atoms with van der Waals surface area (Å²) in [5.41, 5.74) is 0.210. The van der Waals surface area contributed by atoms with E-state index >= 15 is 0 Å². The minimum absolute atomic E-state index is 0.0422. The lowest BCUT2D eigenvalue weighted by molar-refractivity contribution is -0.330. The third-order valence-electron chi connectivity index (χ3n) is 3.19. The third kappa shape index (κ3) is 4.43. The summed E-state index contributed by atoms with van der Waals surface area (Å²) in [6.45, 7) is 0. The van der Waals surface area contributed by atoms with Gasteiger partial charge in [0.1, 0.15) is 0 Å². The van der Waals surface area contributed by atoms with Crippen LogP contribution in [0, 0.1) is 17.4 Å². The minimum atomic E-state index is -6.43. The van der Waals surface area contributed by atoms with Gasteiger partial charge in [-0.2, -0.15) is 36.0 Å². The fourth-order valence-corrected chi connectivity index (χ4v) is 4.61. The molecule has 11 heteroatoms. The van der Waals surface area contributed by atoms with Crippen molar-refractivity contribution in [2.24, 2.45) is 0 Å². The summed E-state index contributed by atoms with van der Waals surface area (Å²) in [5.74, 6) is -6.26. The highest BCUT2D eigenvalue weighted by Gasteiger charge is 2.73. The average Bonchev–Trinajstić information content (AvgIpc) is 2.52. The molecule has 0 saturated carbocycles. The van der Waals surface area contributed by atoms with Crippen molar-refractivity contribution in [2.75, 3.05) is 0 Å². The zero-order valence-electron chi connectivity index (χ0n) is 12.6. The van der Waals surface area contributed by atoms with Crippen LogP contribution in [0.4, 0.5) is 30.7 Å². The number of thioether (sulfide) groups is 1. The van der Waals surface area contributed by atoms with E-state index in [0.29, 0.717) is 0 Å². The Bertz CT molecular complexity index is 907. The van der Waals surface area contributed by atoms with E-state index in [0.717, 1.165) is 6.07 Å². The number of nitrogens with zero attached hydrogens (tertiary/aromatic N) is 1. The maximum absolute atomic E-state index is 13.9. The van der Waals surface area contributed by atoms with Crippen LogP contribution in [0.5, 0.6) is 0 Å². The van der Waals surface area contributed by atoms with Gasteiger partial charge in [-0.3, -0.25) is 0 Å². The zero-order valence-corrected chi connectivity index (χ0v) is 16.6. The van der Waals surface area contributed by atoms with Crippen LogP contribution in [-0.2, 0) is 0 Å². The summed E-state index contributed by atoms with van der Waals surface area (Å²) >= 11 is 5.06. The van der Waals surface area contributed by atoms with Gasteiger partial charge in [0, 0.05) is 25.5 Å². The van der Waals surface area contributed by atoms with Crippen molar-refractivity contribution in [3.8, 4) is 17.2 Å². The summed E-state index contributed by atoms with van der Waals surface area (Å²) in [4.78, 5) is -0.559. The molecular formula is C16H5Br2F7NS. The number of hydrogen-bond donors (Lipinski definition) is 0. The molecule has 0 heterocycles. The van der Waals surface area contributed by atoms with Crippen molar-refractivity contribution in [3.63, 3.8) is 0 Å². The Morgan fingerprint density at radius 3 is 2.19 bits per heavy atom. The minimum Gasteiger partial charge on any atom is -0.192 e. The highest BCUT2D eigenvalue weighted by atomic mass is 79.9. The Hall–Kier alpha value is -1.25. The molecule has 27 heavy (non-hydrogen) atoms. The molecule has 0 aromatic heterocycles. The first-order valence-electron chi connectivity index (χ1n) is 6.73. The molecule has 0 aliphatic carbocycles. The number of benzene rings is 2. The van der Waals surface area contributed by atoms with E-state index in [1.807, 2.05) is 6.07 Å². The molecule has 0 spiro atoms. The zero-order chi connectivity index (χ0) is 20.6. The van der Waals surface area contributed by atoms with Crippen LogP contribution >= 0.6 is 43.6 Å². The van der Waals surface area contributed by atoms with Crippen LogP contribution in [0.2, 0.25) is 0 Å². The van der Waals surface area contributed by atoms with E-state index in [9.17, 15) is 30.7 Å². The Morgan fingerprint density at radius 2 is 1.63 bits per heavy atom. The molecule has 143 valence electrons. The quantitative estimate of drug-likeness (QED) is 0.300. The van der Waals surface area contributed by atoms with Crippen LogP contribution in [0.25, 0.3) is 11.1 Å². The Kier molecular flexibility index (Phi) is 6.24. The second-order valence-corrected chi connectivity index (χ2v) is 7.86. The highest BCUT2D eigenvalue weighted by molar-refractivity contribution is 9.11. The molecule has 1 nitrogen and oxygen atoms in total. The molecule has 0 atom stereocenters. The maximum Gasteiger partial charge on any atom is 0.460 e. The van der Waals surface area contributed by atoms with Gasteiger partial charge in [-0.1, -0.05) is 28.1 Å². The first kappa shape index (κ1) is 22.0. The van der Waals surface area contributed by atoms with Gasteiger partial charge in [-0.25, -0.2) is 0 Å². The SMILES string of the molecule is N#Cc1cccc(-c2c(Br)[c]c(Br)cc2SC(F)(F)C(F)(F)C(F)(F)F)c1. The van der Waals surface area contributed by atoms with Gasteiger partial charge in [0.15, 0.2) is 0 Å². The van der Waals surface area contributed by atoms with Crippen LogP contribution in [-0.4, -0.2) is 17.4 Å². The normalized spacial score (nSPS) is 12.7. The summed E-state index contributed by atoms with van der Waals surface area (Å²) in [6, 6.07) is 10.9. The molecule has 0 saturated heterocycles. The van der Waals surface area contributed by atoms with Crippen molar-refractivity contribution < 1.29 is 30.7 Å². The number of hydrogen-bond acceptors (Lipinski definition) is 2. The largest absolute Gasteiger partial charge is 0.460 e. The van der Waals surface area contributed by atoms with E-state index in [2.05, 4.69) is 37.9 Å².